The van der Waals surface area contributed by atoms with Crippen LogP contribution in [0.2, 0.25) is 0 Å². The van der Waals surface area contributed by atoms with E-state index in [1.54, 1.807) is 12.1 Å². The number of rotatable bonds is 7. The lowest BCUT2D eigenvalue weighted by Gasteiger charge is -2.33. The molecule has 0 bridgehead atoms. The highest BCUT2D eigenvalue weighted by Gasteiger charge is 2.29. The fourth-order valence-electron chi connectivity index (χ4n) is 4.04. The van der Waals surface area contributed by atoms with Gasteiger partial charge >= 0.3 is 5.91 Å². The third-order valence-electron chi connectivity index (χ3n) is 6.51. The van der Waals surface area contributed by atoms with E-state index in [0.29, 0.717) is 5.69 Å². The van der Waals surface area contributed by atoms with Crippen molar-refractivity contribution in [3.05, 3.63) is 53.5 Å². The molecule has 1 aliphatic carbocycles. The summed E-state index contributed by atoms with van der Waals surface area (Å²) in [7, 11) is -4.27. The van der Waals surface area contributed by atoms with Crippen molar-refractivity contribution in [2.24, 2.45) is 0 Å². The number of amides is 1. The fourth-order valence-corrected chi connectivity index (χ4v) is 5.16. The van der Waals surface area contributed by atoms with Gasteiger partial charge in [-0.1, -0.05) is 19.9 Å². The highest BCUT2D eigenvalue weighted by Crippen LogP contribution is 2.33. The zero-order valence-corrected chi connectivity index (χ0v) is 20.0. The average molecular weight is 487 g/mol. The normalized spacial score (nSPS) is 16.4. The number of nitrogens with zero attached hydrogens (tertiary/aromatic N) is 1. The molecule has 0 atom stereocenters. The van der Waals surface area contributed by atoms with Gasteiger partial charge in [0.25, 0.3) is 10.0 Å². The van der Waals surface area contributed by atoms with Gasteiger partial charge in [0.1, 0.15) is 22.0 Å². The molecule has 2 fully saturated rings. The van der Waals surface area contributed by atoms with E-state index in [1.807, 2.05) is 24.8 Å². The molecule has 1 saturated carbocycles. The molecule has 1 saturated heterocycles. The Kier molecular flexibility index (Phi) is 5.75. The first-order chi connectivity index (χ1) is 16.2. The number of carbonyl (C=O) groups is 1. The Morgan fingerprint density at radius 1 is 1.15 bits per heavy atom. The number of hydrogen-bond acceptors (Lipinski definition) is 6. The minimum absolute atomic E-state index is 0.0338. The molecule has 180 valence electrons. The van der Waals surface area contributed by atoms with Gasteiger partial charge in [0.2, 0.25) is 0 Å². The summed E-state index contributed by atoms with van der Waals surface area (Å²) in [6.45, 7) is 5.57. The number of fused-ring (bicyclic) bond motifs is 1. The number of sulfonamides is 1. The van der Waals surface area contributed by atoms with Crippen molar-refractivity contribution >= 4 is 32.6 Å². The fraction of sp³-hybridized carbons (Fsp3) is 0.400. The number of hydrogen-bond donors (Lipinski definition) is 1. The van der Waals surface area contributed by atoms with Gasteiger partial charge in [-0.3, -0.25) is 4.79 Å². The summed E-state index contributed by atoms with van der Waals surface area (Å²) in [6.07, 6.45) is 3.76. The third kappa shape index (κ3) is 4.24. The molecule has 34 heavy (non-hydrogen) atoms. The molecule has 7 nitrogen and oxygen atoms in total. The molecule has 3 aromatic rings. The topological polar surface area (TPSA) is 88.8 Å². The van der Waals surface area contributed by atoms with Gasteiger partial charge in [-0.05, 0) is 55.4 Å². The molecule has 0 unspecified atom stereocenters. The van der Waals surface area contributed by atoms with E-state index in [4.69, 9.17) is 9.15 Å². The van der Waals surface area contributed by atoms with Crippen molar-refractivity contribution in [3.63, 3.8) is 0 Å². The molecular weight excluding hydrogens is 459 g/mol. The van der Waals surface area contributed by atoms with E-state index >= 15 is 0 Å². The molecule has 1 aliphatic heterocycles. The SMILES string of the molecule is CC(C)c1ccc(OC2CCC2)c(S(=O)(=O)NC(=O)c2cc3c(F)cc(N4CCC4)cc3o2)c1. The number of nitrogens with one attached hydrogen (secondary N) is 1. The second-order valence-corrected chi connectivity index (χ2v) is 10.9. The summed E-state index contributed by atoms with van der Waals surface area (Å²) in [5.74, 6) is -1.47. The van der Waals surface area contributed by atoms with Gasteiger partial charge in [-0.25, -0.2) is 17.5 Å². The predicted octanol–water partition coefficient (Wildman–Crippen LogP) is 4.96. The number of anilines is 1. The summed E-state index contributed by atoms with van der Waals surface area (Å²) in [5, 5.41) is 0.127. The van der Waals surface area contributed by atoms with Gasteiger partial charge in [0.15, 0.2) is 5.76 Å². The number of benzene rings is 2. The second kappa shape index (κ2) is 8.61. The summed E-state index contributed by atoms with van der Waals surface area (Å²) in [5.41, 5.74) is 1.67. The Bertz CT molecular complexity index is 1360. The molecular formula is C25H27FN2O5S. The molecule has 1 amide bonds. The zero-order chi connectivity index (χ0) is 24.0. The van der Waals surface area contributed by atoms with Gasteiger partial charge in [0.05, 0.1) is 11.5 Å². The Morgan fingerprint density at radius 2 is 1.91 bits per heavy atom. The van der Waals surface area contributed by atoms with Crippen LogP contribution in [0.5, 0.6) is 5.75 Å². The van der Waals surface area contributed by atoms with Crippen LogP contribution in [-0.2, 0) is 10.0 Å². The van der Waals surface area contributed by atoms with Gasteiger partial charge in [-0.15, -0.1) is 0 Å². The van der Waals surface area contributed by atoms with E-state index in [9.17, 15) is 17.6 Å². The largest absolute Gasteiger partial charge is 0.489 e. The van der Waals surface area contributed by atoms with Crippen LogP contribution in [0.15, 0.2) is 45.7 Å². The molecule has 2 aliphatic rings. The maximum Gasteiger partial charge on any atom is 0.300 e. The van der Waals surface area contributed by atoms with Crippen molar-refractivity contribution in [3.8, 4) is 5.75 Å². The monoisotopic (exact) mass is 486 g/mol. The smallest absolute Gasteiger partial charge is 0.300 e. The van der Waals surface area contributed by atoms with Gasteiger partial charge in [0, 0.05) is 30.9 Å². The molecule has 9 heteroatoms. The number of halogens is 1. The standard InChI is InChI=1S/C25H27FN2O5S/c1-15(2)16-7-8-21(32-18-5-3-6-18)24(11-16)34(30,31)27-25(29)23-14-19-20(26)12-17(13-22(19)33-23)28-9-4-10-28/h7-8,11-15,18H,3-6,9-10H2,1-2H3,(H,27,29). The summed E-state index contributed by atoms with van der Waals surface area (Å²) in [6, 6.07) is 9.30. The Hall–Kier alpha value is -3.07. The summed E-state index contributed by atoms with van der Waals surface area (Å²) < 4.78 is 54.6. The van der Waals surface area contributed by atoms with Crippen molar-refractivity contribution < 1.29 is 26.8 Å². The Morgan fingerprint density at radius 3 is 2.53 bits per heavy atom. The lowest BCUT2D eigenvalue weighted by molar-refractivity contribution is 0.0956. The molecule has 1 N–H and O–H groups in total. The van der Waals surface area contributed by atoms with Crippen LogP contribution < -0.4 is 14.4 Å². The summed E-state index contributed by atoms with van der Waals surface area (Å²) >= 11 is 0. The molecule has 0 spiro atoms. The first kappa shape index (κ1) is 22.7. The molecule has 5 rings (SSSR count). The molecule has 1 aromatic heterocycles. The van der Waals surface area contributed by atoms with Crippen molar-refractivity contribution in [1.29, 1.82) is 0 Å². The van der Waals surface area contributed by atoms with Crippen LogP contribution >= 0.6 is 0 Å². The Balaban J connectivity index is 1.44. The van der Waals surface area contributed by atoms with Gasteiger partial charge in [-0.2, -0.15) is 0 Å². The molecule has 2 heterocycles. The predicted molar refractivity (Wildman–Crippen MR) is 126 cm³/mol. The van der Waals surface area contributed by atoms with Gasteiger partial charge < -0.3 is 14.1 Å². The lowest BCUT2D eigenvalue weighted by Crippen LogP contribution is -2.36. The van der Waals surface area contributed by atoms with E-state index in [0.717, 1.165) is 44.3 Å². The Labute approximate surface area is 197 Å². The highest BCUT2D eigenvalue weighted by atomic mass is 32.2. The lowest BCUT2D eigenvalue weighted by atomic mass is 9.96. The maximum atomic E-state index is 14.6. The first-order valence-electron chi connectivity index (χ1n) is 11.6. The van der Waals surface area contributed by atoms with E-state index in [2.05, 4.69) is 4.72 Å². The van der Waals surface area contributed by atoms with Crippen molar-refractivity contribution in [1.82, 2.24) is 4.72 Å². The average Bonchev–Trinajstić information content (AvgIpc) is 3.14. The van der Waals surface area contributed by atoms with Crippen LogP contribution in [0.4, 0.5) is 10.1 Å². The summed E-state index contributed by atoms with van der Waals surface area (Å²) in [4.78, 5) is 14.8. The highest BCUT2D eigenvalue weighted by molar-refractivity contribution is 7.90. The molecule has 0 radical (unpaired) electrons. The van der Waals surface area contributed by atoms with E-state index < -0.39 is 21.7 Å². The quantitative estimate of drug-likeness (QED) is 0.508. The molecule has 2 aromatic carbocycles. The second-order valence-electron chi connectivity index (χ2n) is 9.26. The first-order valence-corrected chi connectivity index (χ1v) is 13.1. The minimum Gasteiger partial charge on any atom is -0.489 e. The third-order valence-corrected chi connectivity index (χ3v) is 7.87. The van der Waals surface area contributed by atoms with E-state index in [1.165, 1.54) is 18.2 Å². The van der Waals surface area contributed by atoms with Crippen molar-refractivity contribution in [2.45, 2.75) is 56.4 Å². The zero-order valence-electron chi connectivity index (χ0n) is 19.1. The van der Waals surface area contributed by atoms with E-state index in [-0.39, 0.29) is 39.4 Å². The van der Waals surface area contributed by atoms with Crippen LogP contribution in [-0.4, -0.2) is 33.5 Å². The number of carbonyl (C=O) groups excluding carboxylic acids is 1. The van der Waals surface area contributed by atoms with Crippen LogP contribution in [0, 0.1) is 5.82 Å². The van der Waals surface area contributed by atoms with Crippen LogP contribution in [0.3, 0.4) is 0 Å². The van der Waals surface area contributed by atoms with Crippen LogP contribution in [0.1, 0.15) is 61.6 Å². The maximum absolute atomic E-state index is 14.6. The number of furan rings is 1. The van der Waals surface area contributed by atoms with Crippen molar-refractivity contribution in [2.75, 3.05) is 18.0 Å². The number of ether oxygens (including phenoxy) is 1. The minimum atomic E-state index is -4.27. The van der Waals surface area contributed by atoms with Crippen LogP contribution in [0.25, 0.3) is 11.0 Å².